The third-order valence-corrected chi connectivity index (χ3v) is 10.1. The Morgan fingerprint density at radius 3 is 1.60 bits per heavy atom. The van der Waals surface area contributed by atoms with Gasteiger partial charge in [-0.25, -0.2) is 15.0 Å². The molecule has 0 unspecified atom stereocenters. The molecule has 1 aromatic heterocycles. The largest absolute Gasteiger partial charge is 0.208 e. The van der Waals surface area contributed by atoms with E-state index in [1.165, 1.54) is 0 Å². The van der Waals surface area contributed by atoms with Crippen molar-refractivity contribution in [3.63, 3.8) is 0 Å². The molecule has 0 saturated heterocycles. The van der Waals surface area contributed by atoms with Crippen molar-refractivity contribution in [3.05, 3.63) is 163 Å². The van der Waals surface area contributed by atoms with Crippen LogP contribution >= 0.6 is 0 Å². The van der Waals surface area contributed by atoms with E-state index in [4.69, 9.17) is 15.0 Å². The third-order valence-electron chi connectivity index (χ3n) is 10.1. The van der Waals surface area contributed by atoms with Crippen LogP contribution in [0, 0.1) is 5.41 Å². The fourth-order valence-corrected chi connectivity index (χ4v) is 7.43. The summed E-state index contributed by atoms with van der Waals surface area (Å²) >= 11 is 0. The second-order valence-electron chi connectivity index (χ2n) is 14.1. The van der Waals surface area contributed by atoms with Gasteiger partial charge in [-0.3, -0.25) is 0 Å². The minimum atomic E-state index is -1.83. The van der Waals surface area contributed by atoms with Gasteiger partial charge < -0.3 is 0 Å². The lowest BCUT2D eigenvalue weighted by molar-refractivity contribution is 0.188. The van der Waals surface area contributed by atoms with E-state index in [1.54, 1.807) is 0 Å². The van der Waals surface area contributed by atoms with E-state index in [0.29, 0.717) is 17.5 Å². The zero-order valence-electron chi connectivity index (χ0n) is 32.2. The van der Waals surface area contributed by atoms with Crippen molar-refractivity contribution in [1.82, 2.24) is 15.0 Å². The Balaban J connectivity index is 1.18. The fraction of sp³-hybridized carbons (Fsp3) is 0.170. The maximum atomic E-state index is 9.62. The first-order chi connectivity index (χ1) is 26.0. The summed E-state index contributed by atoms with van der Waals surface area (Å²) in [5.41, 5.74) is 7.86. The minimum absolute atomic E-state index is 0.263. The van der Waals surface area contributed by atoms with Crippen molar-refractivity contribution < 1.29 is 5.48 Å². The standard InChI is InChI=1S/C47H39N3/c1-46(2)26-28-47(29-27-46)41-23-12-11-21-38(41)39-25-24-35(31-42(39)47)34-18-13-19-36(30-34)37-20-9-10-22-40(37)45-49-43(32-14-5-3-6-15-32)48-44(50-45)33-16-7-4-8-17-33/h3-25,30-31H,26-29H2,1-2H3/i28D2,29D2. The average molecular weight is 650 g/mol. The fourth-order valence-electron chi connectivity index (χ4n) is 7.43. The van der Waals surface area contributed by atoms with Gasteiger partial charge in [0.05, 0.1) is 0 Å². The molecule has 1 heterocycles. The lowest BCUT2D eigenvalue weighted by Crippen LogP contribution is -2.34. The summed E-state index contributed by atoms with van der Waals surface area (Å²) in [6, 6.07) is 50.5. The van der Waals surface area contributed by atoms with Crippen molar-refractivity contribution in [2.24, 2.45) is 5.41 Å². The van der Waals surface area contributed by atoms with Crippen LogP contribution in [-0.4, -0.2) is 15.0 Å². The maximum Gasteiger partial charge on any atom is 0.164 e. The molecule has 242 valence electrons. The highest BCUT2D eigenvalue weighted by Gasteiger charge is 2.46. The Hall–Kier alpha value is -5.67. The lowest BCUT2D eigenvalue weighted by atomic mass is 9.61. The predicted octanol–water partition coefficient (Wildman–Crippen LogP) is 12.1. The van der Waals surface area contributed by atoms with Crippen LogP contribution in [0.3, 0.4) is 0 Å². The summed E-state index contributed by atoms with van der Waals surface area (Å²) in [5.74, 6) is 1.77. The van der Waals surface area contributed by atoms with Gasteiger partial charge in [0.15, 0.2) is 17.5 Å². The second-order valence-corrected chi connectivity index (χ2v) is 14.1. The number of hydrogen-bond donors (Lipinski definition) is 0. The monoisotopic (exact) mass is 649 g/mol. The molecule has 3 nitrogen and oxygen atoms in total. The smallest absolute Gasteiger partial charge is 0.164 e. The Labute approximate surface area is 300 Å². The van der Waals surface area contributed by atoms with Crippen molar-refractivity contribution in [2.45, 2.75) is 44.8 Å². The van der Waals surface area contributed by atoms with E-state index in [0.717, 1.165) is 61.2 Å². The molecule has 50 heavy (non-hydrogen) atoms. The summed E-state index contributed by atoms with van der Waals surface area (Å²) in [5, 5.41) is 0. The zero-order chi connectivity index (χ0) is 37.3. The van der Waals surface area contributed by atoms with E-state index < -0.39 is 23.6 Å². The molecule has 1 saturated carbocycles. The molecule has 6 aromatic carbocycles. The maximum absolute atomic E-state index is 9.62. The summed E-state index contributed by atoms with van der Waals surface area (Å²) in [7, 11) is 0. The van der Waals surface area contributed by atoms with Crippen LogP contribution in [0.5, 0.6) is 0 Å². The minimum Gasteiger partial charge on any atom is -0.208 e. The van der Waals surface area contributed by atoms with Gasteiger partial charge in [0.25, 0.3) is 0 Å². The van der Waals surface area contributed by atoms with Gasteiger partial charge in [0, 0.05) is 27.6 Å². The van der Waals surface area contributed by atoms with Gasteiger partial charge >= 0.3 is 0 Å². The highest BCUT2D eigenvalue weighted by Crippen LogP contribution is 2.58. The van der Waals surface area contributed by atoms with Gasteiger partial charge in [0.2, 0.25) is 0 Å². The number of nitrogens with zero attached hydrogens (tertiary/aromatic N) is 3. The first-order valence-corrected chi connectivity index (χ1v) is 17.3. The lowest BCUT2D eigenvalue weighted by Gasteiger charge is -2.43. The molecule has 1 spiro atoms. The molecule has 0 atom stereocenters. The van der Waals surface area contributed by atoms with Crippen molar-refractivity contribution in [2.75, 3.05) is 0 Å². The zero-order valence-corrected chi connectivity index (χ0v) is 28.2. The summed E-state index contributed by atoms with van der Waals surface area (Å²) in [6.45, 7) is 3.97. The van der Waals surface area contributed by atoms with Gasteiger partial charge in [-0.05, 0) is 87.6 Å². The normalized spacial score (nSPS) is 18.6. The molecule has 2 aliphatic carbocycles. The van der Waals surface area contributed by atoms with Gasteiger partial charge in [-0.2, -0.15) is 0 Å². The van der Waals surface area contributed by atoms with Crippen LogP contribution in [0.2, 0.25) is 0 Å². The highest BCUT2D eigenvalue weighted by molar-refractivity contribution is 5.87. The Kier molecular flexibility index (Phi) is 6.31. The van der Waals surface area contributed by atoms with Crippen LogP contribution in [0.25, 0.3) is 67.5 Å². The first-order valence-electron chi connectivity index (χ1n) is 19.3. The number of fused-ring (bicyclic) bond motifs is 5. The van der Waals surface area contributed by atoms with E-state index >= 15 is 0 Å². The van der Waals surface area contributed by atoms with E-state index in [1.807, 2.05) is 123 Å². The number of aromatic nitrogens is 3. The summed E-state index contributed by atoms with van der Waals surface area (Å²) < 4.78 is 38.5. The molecule has 0 aliphatic heterocycles. The Bertz CT molecular complexity index is 2470. The van der Waals surface area contributed by atoms with E-state index in [2.05, 4.69) is 42.5 Å². The molecular formula is C47H39N3. The number of hydrogen-bond acceptors (Lipinski definition) is 3. The quantitative estimate of drug-likeness (QED) is 0.186. The summed E-state index contributed by atoms with van der Waals surface area (Å²) in [4.78, 5) is 14.9. The molecule has 0 radical (unpaired) electrons. The van der Waals surface area contributed by atoms with Crippen LogP contribution in [0.15, 0.2) is 152 Å². The summed E-state index contributed by atoms with van der Waals surface area (Å²) in [6.07, 6.45) is -3.14. The first kappa shape index (κ1) is 26.2. The van der Waals surface area contributed by atoms with Crippen LogP contribution in [0.1, 0.15) is 56.0 Å². The molecular weight excluding hydrogens is 607 g/mol. The average Bonchev–Trinajstić information content (AvgIpc) is 3.49. The molecule has 0 bridgehead atoms. The van der Waals surface area contributed by atoms with Crippen molar-refractivity contribution >= 4 is 0 Å². The van der Waals surface area contributed by atoms with E-state index in [-0.39, 0.29) is 12.8 Å². The molecule has 9 rings (SSSR count). The molecule has 3 heteroatoms. The van der Waals surface area contributed by atoms with Crippen LogP contribution in [0.4, 0.5) is 0 Å². The Morgan fingerprint density at radius 1 is 0.420 bits per heavy atom. The van der Waals surface area contributed by atoms with Gasteiger partial charge in [0.1, 0.15) is 0 Å². The van der Waals surface area contributed by atoms with Crippen LogP contribution < -0.4 is 0 Å². The van der Waals surface area contributed by atoms with Crippen LogP contribution in [-0.2, 0) is 5.41 Å². The SMILES string of the molecule is [2H]C1([2H])CC(C)(C)CC([2H])([2H])C12c1ccccc1-c1ccc(-c3cccc(-c4ccccc4-c4nc(-c5ccccc5)nc(-c5ccccc5)n4)c3)cc12. The highest BCUT2D eigenvalue weighted by atomic mass is 15.0. The third kappa shape index (κ3) is 5.25. The molecule has 1 fully saturated rings. The van der Waals surface area contributed by atoms with Crippen molar-refractivity contribution in [3.8, 4) is 67.5 Å². The molecule has 0 amide bonds. The molecule has 2 aliphatic rings. The van der Waals surface area contributed by atoms with Crippen molar-refractivity contribution in [1.29, 1.82) is 0 Å². The molecule has 7 aromatic rings. The van der Waals surface area contributed by atoms with E-state index in [9.17, 15) is 5.48 Å². The number of benzene rings is 6. The topological polar surface area (TPSA) is 38.7 Å². The van der Waals surface area contributed by atoms with Gasteiger partial charge in [-0.15, -0.1) is 0 Å². The molecule has 0 N–H and O–H groups in total. The predicted molar refractivity (Wildman–Crippen MR) is 205 cm³/mol. The Morgan fingerprint density at radius 2 is 0.920 bits per heavy atom. The second kappa shape index (κ2) is 12.0. The van der Waals surface area contributed by atoms with Gasteiger partial charge in [-0.1, -0.05) is 153 Å². The number of rotatable bonds is 5.